The second-order valence-electron chi connectivity index (χ2n) is 5.20. The molecule has 1 atom stereocenters. The maximum absolute atomic E-state index is 13.0. The Morgan fingerprint density at radius 1 is 1.55 bits per heavy atom. The summed E-state index contributed by atoms with van der Waals surface area (Å²) in [5.74, 6) is -0.395. The predicted molar refractivity (Wildman–Crippen MR) is 75.0 cm³/mol. The first-order valence-corrected chi connectivity index (χ1v) is 6.95. The van der Waals surface area contributed by atoms with Gasteiger partial charge in [-0.05, 0) is 31.2 Å². The van der Waals surface area contributed by atoms with Crippen molar-refractivity contribution in [3.63, 3.8) is 0 Å². The highest BCUT2D eigenvalue weighted by molar-refractivity contribution is 5.78. The fourth-order valence-corrected chi connectivity index (χ4v) is 2.31. The molecule has 0 bridgehead atoms. The van der Waals surface area contributed by atoms with Crippen LogP contribution >= 0.6 is 0 Å². The van der Waals surface area contributed by atoms with Crippen LogP contribution in [0.4, 0.5) is 4.39 Å². The van der Waals surface area contributed by atoms with Gasteiger partial charge >= 0.3 is 0 Å². The van der Waals surface area contributed by atoms with Gasteiger partial charge in [0.1, 0.15) is 5.82 Å². The third kappa shape index (κ3) is 4.90. The Morgan fingerprint density at radius 3 is 3.15 bits per heavy atom. The smallest absolute Gasteiger partial charge is 0.224 e. The van der Waals surface area contributed by atoms with Crippen LogP contribution in [0.5, 0.6) is 0 Å². The quantitative estimate of drug-likeness (QED) is 0.881. The van der Waals surface area contributed by atoms with Gasteiger partial charge in [0, 0.05) is 19.6 Å². The van der Waals surface area contributed by atoms with E-state index in [4.69, 9.17) is 4.74 Å². The van der Waals surface area contributed by atoms with Gasteiger partial charge in [-0.1, -0.05) is 12.1 Å². The van der Waals surface area contributed by atoms with Crippen molar-refractivity contribution >= 4 is 5.91 Å². The molecule has 1 heterocycles. The Labute approximate surface area is 118 Å². The van der Waals surface area contributed by atoms with Gasteiger partial charge in [-0.3, -0.25) is 4.79 Å². The SMILES string of the molecule is CN1CCOC(CCNC(=O)Cc2cccc(F)c2)C1. The molecule has 1 aliphatic heterocycles. The number of amides is 1. The van der Waals surface area contributed by atoms with Crippen LogP contribution < -0.4 is 5.32 Å². The molecular weight excluding hydrogens is 259 g/mol. The summed E-state index contributed by atoms with van der Waals surface area (Å²) in [5.41, 5.74) is 0.691. The number of likely N-dealkylation sites (N-methyl/N-ethyl adjacent to an activating group) is 1. The van der Waals surface area contributed by atoms with Crippen molar-refractivity contribution in [2.24, 2.45) is 0 Å². The molecule has 1 unspecified atom stereocenters. The highest BCUT2D eigenvalue weighted by Gasteiger charge is 2.17. The first-order chi connectivity index (χ1) is 9.63. The fourth-order valence-electron chi connectivity index (χ4n) is 2.31. The van der Waals surface area contributed by atoms with Gasteiger partial charge in [0.25, 0.3) is 0 Å². The van der Waals surface area contributed by atoms with Crippen molar-refractivity contribution in [3.8, 4) is 0 Å². The van der Waals surface area contributed by atoms with E-state index in [1.165, 1.54) is 12.1 Å². The summed E-state index contributed by atoms with van der Waals surface area (Å²) in [6.07, 6.45) is 1.20. The van der Waals surface area contributed by atoms with Crippen molar-refractivity contribution in [2.75, 3.05) is 33.3 Å². The van der Waals surface area contributed by atoms with Crippen LogP contribution in [0.2, 0.25) is 0 Å². The Kier molecular flexibility index (Phi) is 5.49. The van der Waals surface area contributed by atoms with Crippen molar-refractivity contribution in [2.45, 2.75) is 18.9 Å². The minimum atomic E-state index is -0.311. The normalized spacial score (nSPS) is 19.8. The summed E-state index contributed by atoms with van der Waals surface area (Å²) in [5, 5.41) is 2.85. The first-order valence-electron chi connectivity index (χ1n) is 6.95. The van der Waals surface area contributed by atoms with Crippen LogP contribution in [-0.4, -0.2) is 50.2 Å². The molecule has 4 nitrogen and oxygen atoms in total. The molecule has 0 aromatic heterocycles. The molecule has 1 N–H and O–H groups in total. The highest BCUT2D eigenvalue weighted by Crippen LogP contribution is 2.06. The predicted octanol–water partition coefficient (Wildman–Crippen LogP) is 1.21. The van der Waals surface area contributed by atoms with Gasteiger partial charge < -0.3 is 15.0 Å². The molecule has 1 saturated heterocycles. The standard InChI is InChI=1S/C15H21FN2O2/c1-18-7-8-20-14(11-18)5-6-17-15(19)10-12-3-2-4-13(16)9-12/h2-4,9,14H,5-8,10-11H2,1H3,(H,17,19). The van der Waals surface area contributed by atoms with E-state index >= 15 is 0 Å². The number of benzene rings is 1. The number of hydrogen-bond donors (Lipinski definition) is 1. The second kappa shape index (κ2) is 7.36. The van der Waals surface area contributed by atoms with Crippen LogP contribution in [-0.2, 0) is 16.0 Å². The molecule has 1 amide bonds. The van der Waals surface area contributed by atoms with Crippen LogP contribution in [0.3, 0.4) is 0 Å². The molecule has 20 heavy (non-hydrogen) atoms. The molecule has 1 aliphatic rings. The van der Waals surface area contributed by atoms with E-state index in [0.29, 0.717) is 12.1 Å². The molecule has 1 fully saturated rings. The summed E-state index contributed by atoms with van der Waals surface area (Å²) in [6, 6.07) is 6.13. The molecule has 0 spiro atoms. The lowest BCUT2D eigenvalue weighted by Crippen LogP contribution is -2.41. The van der Waals surface area contributed by atoms with E-state index in [1.807, 2.05) is 0 Å². The van der Waals surface area contributed by atoms with Gasteiger partial charge in [-0.25, -0.2) is 4.39 Å². The lowest BCUT2D eigenvalue weighted by molar-refractivity contribution is -0.120. The van der Waals surface area contributed by atoms with E-state index in [1.54, 1.807) is 12.1 Å². The lowest BCUT2D eigenvalue weighted by Gasteiger charge is -2.30. The number of carbonyl (C=O) groups excluding carboxylic acids is 1. The van der Waals surface area contributed by atoms with Crippen LogP contribution in [0, 0.1) is 5.82 Å². The van der Waals surface area contributed by atoms with E-state index in [-0.39, 0.29) is 24.2 Å². The molecular formula is C15H21FN2O2. The van der Waals surface area contributed by atoms with Gasteiger partial charge in [0.05, 0.1) is 19.1 Å². The minimum absolute atomic E-state index is 0.0836. The summed E-state index contributed by atoms with van der Waals surface area (Å²) in [4.78, 5) is 14.0. The summed E-state index contributed by atoms with van der Waals surface area (Å²) in [7, 11) is 2.07. The number of ether oxygens (including phenoxy) is 1. The maximum atomic E-state index is 13.0. The van der Waals surface area contributed by atoms with Crippen LogP contribution in [0.15, 0.2) is 24.3 Å². The monoisotopic (exact) mass is 280 g/mol. The third-order valence-corrected chi connectivity index (χ3v) is 3.38. The topological polar surface area (TPSA) is 41.6 Å². The number of carbonyl (C=O) groups is 1. The van der Waals surface area contributed by atoms with Crippen LogP contribution in [0.25, 0.3) is 0 Å². The molecule has 5 heteroatoms. The summed E-state index contributed by atoms with van der Waals surface area (Å²) >= 11 is 0. The lowest BCUT2D eigenvalue weighted by atomic mass is 10.1. The summed E-state index contributed by atoms with van der Waals surface area (Å²) in [6.45, 7) is 3.20. The first kappa shape index (κ1) is 14.9. The van der Waals surface area contributed by atoms with E-state index < -0.39 is 0 Å². The van der Waals surface area contributed by atoms with Crippen molar-refractivity contribution in [1.29, 1.82) is 0 Å². The number of morpholine rings is 1. The van der Waals surface area contributed by atoms with Crippen LogP contribution in [0.1, 0.15) is 12.0 Å². The molecule has 110 valence electrons. The number of halogens is 1. The average Bonchev–Trinajstić information content (AvgIpc) is 2.38. The molecule has 2 rings (SSSR count). The Bertz CT molecular complexity index is 453. The van der Waals surface area contributed by atoms with E-state index in [2.05, 4.69) is 17.3 Å². The van der Waals surface area contributed by atoms with E-state index in [9.17, 15) is 9.18 Å². The molecule has 0 saturated carbocycles. The Balaban J connectivity index is 1.67. The highest BCUT2D eigenvalue weighted by atomic mass is 19.1. The van der Waals surface area contributed by atoms with Crippen molar-refractivity contribution in [1.82, 2.24) is 10.2 Å². The maximum Gasteiger partial charge on any atom is 0.224 e. The molecule has 1 aromatic carbocycles. The summed E-state index contributed by atoms with van der Waals surface area (Å²) < 4.78 is 18.6. The van der Waals surface area contributed by atoms with Crippen molar-refractivity contribution < 1.29 is 13.9 Å². The van der Waals surface area contributed by atoms with Gasteiger partial charge in [-0.2, -0.15) is 0 Å². The van der Waals surface area contributed by atoms with Gasteiger partial charge in [0.15, 0.2) is 0 Å². The van der Waals surface area contributed by atoms with Crippen molar-refractivity contribution in [3.05, 3.63) is 35.6 Å². The minimum Gasteiger partial charge on any atom is -0.375 e. The molecule has 0 aliphatic carbocycles. The Morgan fingerprint density at radius 2 is 2.40 bits per heavy atom. The zero-order valence-electron chi connectivity index (χ0n) is 11.8. The largest absolute Gasteiger partial charge is 0.375 e. The third-order valence-electron chi connectivity index (χ3n) is 3.38. The molecule has 1 aromatic rings. The number of hydrogen-bond acceptors (Lipinski definition) is 3. The van der Waals surface area contributed by atoms with Gasteiger partial charge in [0.2, 0.25) is 5.91 Å². The van der Waals surface area contributed by atoms with E-state index in [0.717, 1.165) is 26.1 Å². The zero-order chi connectivity index (χ0) is 14.4. The van der Waals surface area contributed by atoms with Gasteiger partial charge in [-0.15, -0.1) is 0 Å². The zero-order valence-corrected chi connectivity index (χ0v) is 11.8. The molecule has 0 radical (unpaired) electrons. The number of nitrogens with zero attached hydrogens (tertiary/aromatic N) is 1. The number of nitrogens with one attached hydrogen (secondary N) is 1. The average molecular weight is 280 g/mol. The fraction of sp³-hybridized carbons (Fsp3) is 0.533. The second-order valence-corrected chi connectivity index (χ2v) is 5.20. The Hall–Kier alpha value is -1.46. The number of rotatable bonds is 5.